The first-order valence-corrected chi connectivity index (χ1v) is 7.28. The summed E-state index contributed by atoms with van der Waals surface area (Å²) >= 11 is 0. The quantitative estimate of drug-likeness (QED) is 0.761. The summed E-state index contributed by atoms with van der Waals surface area (Å²) in [4.78, 5) is 13.4. The summed E-state index contributed by atoms with van der Waals surface area (Å²) in [6.45, 7) is 6.41. The number of carbonyl (C=O) groups excluding carboxylic acids is 1. The van der Waals surface area contributed by atoms with Gasteiger partial charge in [0.2, 0.25) is 5.91 Å². The van der Waals surface area contributed by atoms with Crippen molar-refractivity contribution in [1.82, 2.24) is 25.5 Å². The first kappa shape index (κ1) is 16.1. The van der Waals surface area contributed by atoms with Crippen molar-refractivity contribution in [3.8, 4) is 12.3 Å². The number of nitrogens with one attached hydrogen (secondary N) is 1. The largest absolute Gasteiger partial charge is 0.356 e. The molecule has 1 aliphatic heterocycles. The van der Waals surface area contributed by atoms with Crippen LogP contribution in [-0.2, 0) is 16.8 Å². The highest BCUT2D eigenvalue weighted by atomic mass is 16.1. The number of terminal acetylenes is 1. The Hall–Kier alpha value is -2.30. The van der Waals surface area contributed by atoms with Crippen LogP contribution in [0.3, 0.4) is 0 Å². The minimum atomic E-state index is -0.368. The molecule has 0 aliphatic carbocycles. The van der Waals surface area contributed by atoms with Crippen molar-refractivity contribution >= 4 is 5.91 Å². The molecule has 2 heterocycles. The summed E-state index contributed by atoms with van der Waals surface area (Å²) in [5, 5.41) is 22.9. The molecule has 0 unspecified atom stereocenters. The molecule has 0 bridgehead atoms. The first-order valence-electron chi connectivity index (χ1n) is 7.28. The number of aromatic nitrogens is 4. The molecule has 0 saturated carbocycles. The van der Waals surface area contributed by atoms with Gasteiger partial charge in [0.25, 0.3) is 0 Å². The van der Waals surface area contributed by atoms with Gasteiger partial charge < -0.3 is 5.32 Å². The number of rotatable bonds is 7. The summed E-state index contributed by atoms with van der Waals surface area (Å²) in [5.74, 6) is 2.85. The molecule has 2 rings (SSSR count). The van der Waals surface area contributed by atoms with Gasteiger partial charge in [-0.1, -0.05) is 0 Å². The van der Waals surface area contributed by atoms with Crippen LogP contribution in [0.15, 0.2) is 10.2 Å². The van der Waals surface area contributed by atoms with Crippen LogP contribution in [-0.4, -0.2) is 38.3 Å². The van der Waals surface area contributed by atoms with E-state index < -0.39 is 0 Å². The van der Waals surface area contributed by atoms with E-state index in [1.807, 2.05) is 20.8 Å². The average molecular weight is 303 g/mol. The van der Waals surface area contributed by atoms with Crippen molar-refractivity contribution in [3.05, 3.63) is 5.82 Å². The maximum absolute atomic E-state index is 11.9. The second-order valence-electron chi connectivity index (χ2n) is 6.33. The van der Waals surface area contributed by atoms with E-state index in [4.69, 9.17) is 6.42 Å². The van der Waals surface area contributed by atoms with E-state index in [0.717, 1.165) is 6.42 Å². The molecule has 1 N–H and O–H groups in total. The summed E-state index contributed by atoms with van der Waals surface area (Å²) in [6, 6.07) is 0. The highest BCUT2D eigenvalue weighted by molar-refractivity contribution is 5.77. The lowest BCUT2D eigenvalue weighted by Gasteiger charge is -2.15. The third-order valence-corrected chi connectivity index (χ3v) is 3.27. The highest BCUT2D eigenvalue weighted by Crippen LogP contribution is 2.35. The third kappa shape index (κ3) is 4.35. The van der Waals surface area contributed by atoms with Crippen LogP contribution in [0.2, 0.25) is 0 Å². The van der Waals surface area contributed by atoms with Gasteiger partial charge in [-0.15, -0.1) is 22.5 Å². The molecule has 0 radical (unpaired) electrons. The fourth-order valence-electron chi connectivity index (χ4n) is 1.87. The smallest absolute Gasteiger partial charge is 0.227 e. The van der Waals surface area contributed by atoms with Crippen LogP contribution in [0.1, 0.15) is 45.9 Å². The van der Waals surface area contributed by atoms with E-state index in [2.05, 4.69) is 36.9 Å². The van der Waals surface area contributed by atoms with Crippen molar-refractivity contribution in [2.75, 3.05) is 6.54 Å². The topological polar surface area (TPSA) is 97.4 Å². The van der Waals surface area contributed by atoms with Gasteiger partial charge in [-0.25, -0.2) is 0 Å². The van der Waals surface area contributed by atoms with E-state index in [1.165, 1.54) is 4.80 Å². The highest BCUT2D eigenvalue weighted by Gasteiger charge is 2.38. The van der Waals surface area contributed by atoms with Gasteiger partial charge in [-0.2, -0.15) is 15.0 Å². The fourth-order valence-corrected chi connectivity index (χ4v) is 1.87. The second-order valence-corrected chi connectivity index (χ2v) is 6.33. The van der Waals surface area contributed by atoms with Crippen LogP contribution in [0.5, 0.6) is 0 Å². The minimum absolute atomic E-state index is 0.113. The Kier molecular flexibility index (Phi) is 4.54. The third-order valence-electron chi connectivity index (χ3n) is 3.27. The van der Waals surface area contributed by atoms with Gasteiger partial charge in [0.1, 0.15) is 0 Å². The molecule has 0 fully saturated rings. The van der Waals surface area contributed by atoms with Crippen molar-refractivity contribution in [3.63, 3.8) is 0 Å². The number of tetrazole rings is 1. The Morgan fingerprint density at radius 1 is 1.36 bits per heavy atom. The molecule has 8 heteroatoms. The molecule has 1 aliphatic rings. The van der Waals surface area contributed by atoms with E-state index in [9.17, 15) is 4.79 Å². The van der Waals surface area contributed by atoms with Crippen LogP contribution < -0.4 is 5.32 Å². The molecule has 0 atom stereocenters. The molecular weight excluding hydrogens is 282 g/mol. The van der Waals surface area contributed by atoms with Crippen LogP contribution in [0, 0.1) is 12.3 Å². The van der Waals surface area contributed by atoms with E-state index in [-0.39, 0.29) is 23.5 Å². The molecule has 1 amide bonds. The predicted molar refractivity (Wildman–Crippen MR) is 79.8 cm³/mol. The Morgan fingerprint density at radius 3 is 2.64 bits per heavy atom. The maximum atomic E-state index is 11.9. The average Bonchev–Trinajstić information content (AvgIpc) is 3.03. The van der Waals surface area contributed by atoms with Crippen molar-refractivity contribution in [1.29, 1.82) is 0 Å². The van der Waals surface area contributed by atoms with Gasteiger partial charge in [-0.05, 0) is 26.0 Å². The molecule has 0 spiro atoms. The number of carbonyl (C=O) groups is 1. The molecule has 0 saturated heterocycles. The Morgan fingerprint density at radius 2 is 2.09 bits per heavy atom. The lowest BCUT2D eigenvalue weighted by atomic mass is 10.0. The molecule has 8 nitrogen and oxygen atoms in total. The zero-order valence-electron chi connectivity index (χ0n) is 13.2. The Labute approximate surface area is 129 Å². The predicted octanol–water partition coefficient (Wildman–Crippen LogP) is 1.05. The summed E-state index contributed by atoms with van der Waals surface area (Å²) < 4.78 is 0. The van der Waals surface area contributed by atoms with E-state index in [1.54, 1.807) is 0 Å². The molecule has 22 heavy (non-hydrogen) atoms. The minimum Gasteiger partial charge on any atom is -0.356 e. The van der Waals surface area contributed by atoms with Crippen LogP contribution in [0.25, 0.3) is 0 Å². The number of hydrogen-bond donors (Lipinski definition) is 1. The van der Waals surface area contributed by atoms with Crippen molar-refractivity contribution in [2.24, 2.45) is 10.2 Å². The molecule has 118 valence electrons. The fraction of sp³-hybridized carbons (Fsp3) is 0.714. The van der Waals surface area contributed by atoms with Gasteiger partial charge in [-0.3, -0.25) is 4.79 Å². The van der Waals surface area contributed by atoms with Crippen LogP contribution >= 0.6 is 0 Å². The van der Waals surface area contributed by atoms with Gasteiger partial charge in [0.15, 0.2) is 11.5 Å². The number of nitrogens with zero attached hydrogens (tertiary/aromatic N) is 6. The summed E-state index contributed by atoms with van der Waals surface area (Å²) in [6.07, 6.45) is 7.39. The molecule has 1 aromatic rings. The first-order chi connectivity index (χ1) is 10.3. The maximum Gasteiger partial charge on any atom is 0.227 e. The molecule has 0 aromatic carbocycles. The zero-order valence-corrected chi connectivity index (χ0v) is 13.2. The van der Waals surface area contributed by atoms with Gasteiger partial charge >= 0.3 is 0 Å². The van der Waals surface area contributed by atoms with Gasteiger partial charge in [0.05, 0.1) is 12.0 Å². The summed E-state index contributed by atoms with van der Waals surface area (Å²) in [5.41, 5.74) is -0.618. The number of hydrogen-bond acceptors (Lipinski definition) is 6. The van der Waals surface area contributed by atoms with E-state index in [0.29, 0.717) is 25.2 Å². The van der Waals surface area contributed by atoms with Crippen LogP contribution in [0.4, 0.5) is 0 Å². The lowest BCUT2D eigenvalue weighted by Crippen LogP contribution is -2.30. The second kappa shape index (κ2) is 6.22. The Balaban J connectivity index is 1.72. The van der Waals surface area contributed by atoms with Crippen molar-refractivity contribution in [2.45, 2.75) is 57.7 Å². The zero-order chi connectivity index (χ0) is 16.2. The van der Waals surface area contributed by atoms with Crippen molar-refractivity contribution < 1.29 is 4.79 Å². The normalized spacial score (nSPS) is 15.4. The molecule has 1 aromatic heterocycles. The lowest BCUT2D eigenvalue weighted by molar-refractivity contribution is -0.120. The SMILES string of the molecule is C#CCCC1(CCNC(=O)Cc2nnn(C(C)(C)C)n2)N=N1. The monoisotopic (exact) mass is 303 g/mol. The van der Waals surface area contributed by atoms with Gasteiger partial charge in [0, 0.05) is 25.8 Å². The number of amides is 1. The Bertz CT molecular complexity index is 599. The molecular formula is C14H21N7O. The summed E-state index contributed by atoms with van der Waals surface area (Å²) in [7, 11) is 0. The standard InChI is InChI=1S/C14H21N7O/c1-5-6-7-14(18-19-14)8-9-15-12(22)10-11-16-20-21(17-11)13(2,3)4/h1H,6-10H2,2-4H3,(H,15,22). The van der Waals surface area contributed by atoms with E-state index >= 15 is 0 Å².